The number of H-pyrrole nitrogens is 1. The van der Waals surface area contributed by atoms with Crippen molar-refractivity contribution in [2.45, 2.75) is 13.1 Å². The van der Waals surface area contributed by atoms with Crippen molar-refractivity contribution in [2.24, 2.45) is 0 Å². The summed E-state index contributed by atoms with van der Waals surface area (Å²) in [6, 6.07) is 7.36. The van der Waals surface area contributed by atoms with E-state index in [2.05, 4.69) is 35.6 Å². The molecule has 1 amide bonds. The van der Waals surface area contributed by atoms with Crippen LogP contribution in [0.25, 0.3) is 17.3 Å². The minimum absolute atomic E-state index is 0.0421. The van der Waals surface area contributed by atoms with Crippen LogP contribution >= 0.6 is 0 Å². The monoisotopic (exact) mass is 414 g/mol. The lowest BCUT2D eigenvalue weighted by atomic mass is 10.2. The maximum atomic E-state index is 12.7. The van der Waals surface area contributed by atoms with Gasteiger partial charge in [-0.3, -0.25) is 20.2 Å². The van der Waals surface area contributed by atoms with E-state index in [1.165, 1.54) is 16.9 Å². The number of hydrogen-bond acceptors (Lipinski definition) is 6. The Morgan fingerprint density at radius 3 is 2.63 bits per heavy atom. The van der Waals surface area contributed by atoms with E-state index >= 15 is 0 Å². The van der Waals surface area contributed by atoms with E-state index in [1.807, 2.05) is 0 Å². The zero-order chi connectivity index (χ0) is 21.3. The van der Waals surface area contributed by atoms with Crippen LogP contribution < -0.4 is 5.32 Å². The maximum absolute atomic E-state index is 12.7. The molecular formula is C18H13F3N8O. The number of rotatable bonds is 4. The number of nitrogens with one attached hydrogen (secondary N) is 2. The van der Waals surface area contributed by atoms with E-state index in [-0.39, 0.29) is 17.3 Å². The van der Waals surface area contributed by atoms with Crippen molar-refractivity contribution in [1.82, 2.24) is 34.9 Å². The molecule has 2 N–H and O–H groups in total. The minimum atomic E-state index is -4.49. The van der Waals surface area contributed by atoms with Crippen LogP contribution in [0.15, 0.2) is 48.9 Å². The van der Waals surface area contributed by atoms with Gasteiger partial charge < -0.3 is 0 Å². The van der Waals surface area contributed by atoms with Crippen LogP contribution in [0.5, 0.6) is 0 Å². The average molecular weight is 414 g/mol. The number of carbonyl (C=O) groups excluding carboxylic acids is 1. The maximum Gasteiger partial charge on any atom is 0.417 e. The summed E-state index contributed by atoms with van der Waals surface area (Å²) < 4.78 is 39.4. The van der Waals surface area contributed by atoms with Crippen molar-refractivity contribution in [1.29, 1.82) is 0 Å². The molecule has 9 nitrogen and oxygen atoms in total. The molecule has 0 aliphatic carbocycles. The summed E-state index contributed by atoms with van der Waals surface area (Å²) in [6.45, 7) is 1.60. The second-order valence-corrected chi connectivity index (χ2v) is 6.14. The molecule has 30 heavy (non-hydrogen) atoms. The molecule has 0 aliphatic heterocycles. The number of pyridine rings is 2. The number of amides is 1. The van der Waals surface area contributed by atoms with Crippen molar-refractivity contribution in [2.75, 3.05) is 5.32 Å². The van der Waals surface area contributed by atoms with Crippen molar-refractivity contribution in [3.8, 4) is 17.3 Å². The van der Waals surface area contributed by atoms with Gasteiger partial charge in [-0.2, -0.15) is 23.3 Å². The number of hydrogen-bond donors (Lipinski definition) is 2. The van der Waals surface area contributed by atoms with Gasteiger partial charge in [0.25, 0.3) is 5.91 Å². The number of nitrogens with zero attached hydrogens (tertiary/aromatic N) is 6. The summed E-state index contributed by atoms with van der Waals surface area (Å²) in [5, 5.41) is 13.2. The summed E-state index contributed by atoms with van der Waals surface area (Å²) in [5.41, 5.74) is 0.270. The van der Waals surface area contributed by atoms with E-state index in [4.69, 9.17) is 0 Å². The molecule has 0 atom stereocenters. The Morgan fingerprint density at radius 2 is 1.97 bits per heavy atom. The van der Waals surface area contributed by atoms with Gasteiger partial charge in [0.1, 0.15) is 5.69 Å². The van der Waals surface area contributed by atoms with Crippen LogP contribution in [-0.2, 0) is 6.18 Å². The second-order valence-electron chi connectivity index (χ2n) is 6.14. The fraction of sp³-hybridized carbons (Fsp3) is 0.111. The third-order valence-electron chi connectivity index (χ3n) is 4.16. The first-order valence-corrected chi connectivity index (χ1v) is 8.56. The molecule has 0 saturated carbocycles. The summed E-state index contributed by atoms with van der Waals surface area (Å²) in [7, 11) is 0. The van der Waals surface area contributed by atoms with Crippen molar-refractivity contribution >= 4 is 11.9 Å². The third kappa shape index (κ3) is 3.74. The van der Waals surface area contributed by atoms with E-state index in [0.29, 0.717) is 23.4 Å². The molecule has 0 unspecified atom stereocenters. The fourth-order valence-electron chi connectivity index (χ4n) is 2.65. The van der Waals surface area contributed by atoms with Crippen molar-refractivity contribution < 1.29 is 18.0 Å². The van der Waals surface area contributed by atoms with Gasteiger partial charge in [0, 0.05) is 12.4 Å². The summed E-state index contributed by atoms with van der Waals surface area (Å²) in [5.74, 6) is 0.0415. The van der Waals surface area contributed by atoms with Crippen LogP contribution in [0.3, 0.4) is 0 Å². The lowest BCUT2D eigenvalue weighted by Crippen LogP contribution is -2.14. The predicted molar refractivity (Wildman–Crippen MR) is 98.7 cm³/mol. The van der Waals surface area contributed by atoms with Crippen LogP contribution in [0.1, 0.15) is 21.6 Å². The highest BCUT2D eigenvalue weighted by molar-refractivity contribution is 6.04. The van der Waals surface area contributed by atoms with Gasteiger partial charge in [0.15, 0.2) is 11.6 Å². The first kappa shape index (κ1) is 19.2. The molecule has 12 heteroatoms. The molecule has 4 heterocycles. The third-order valence-corrected chi connectivity index (χ3v) is 4.16. The smallest absolute Gasteiger partial charge is 0.289 e. The molecule has 0 bridgehead atoms. The van der Waals surface area contributed by atoms with E-state index in [0.717, 1.165) is 6.07 Å². The molecule has 0 spiro atoms. The number of aromatic amines is 1. The lowest BCUT2D eigenvalue weighted by Gasteiger charge is -2.08. The lowest BCUT2D eigenvalue weighted by molar-refractivity contribution is -0.137. The van der Waals surface area contributed by atoms with Gasteiger partial charge in [-0.05, 0) is 31.2 Å². The van der Waals surface area contributed by atoms with Gasteiger partial charge >= 0.3 is 6.18 Å². The summed E-state index contributed by atoms with van der Waals surface area (Å²) in [6.07, 6.45) is -0.886. The van der Waals surface area contributed by atoms with Crippen molar-refractivity contribution in [3.05, 3.63) is 65.7 Å². The molecule has 0 aliphatic rings. The average Bonchev–Trinajstić information content (AvgIpc) is 3.35. The topological polar surface area (TPSA) is 114 Å². The van der Waals surface area contributed by atoms with Gasteiger partial charge in [-0.15, -0.1) is 5.10 Å². The molecule has 0 aromatic carbocycles. The Bertz CT molecular complexity index is 1180. The zero-order valence-corrected chi connectivity index (χ0v) is 15.3. The normalized spacial score (nSPS) is 11.5. The Kier molecular flexibility index (Phi) is 4.74. The summed E-state index contributed by atoms with van der Waals surface area (Å²) in [4.78, 5) is 24.7. The van der Waals surface area contributed by atoms with Crippen LogP contribution in [0.4, 0.5) is 19.1 Å². The number of halogens is 3. The van der Waals surface area contributed by atoms with E-state index < -0.39 is 17.6 Å². The first-order valence-electron chi connectivity index (χ1n) is 8.56. The van der Waals surface area contributed by atoms with Crippen molar-refractivity contribution in [3.63, 3.8) is 0 Å². The quantitative estimate of drug-likeness (QED) is 0.531. The molecule has 4 aromatic rings. The largest absolute Gasteiger partial charge is 0.417 e. The van der Waals surface area contributed by atoms with Crippen LogP contribution in [0, 0.1) is 6.92 Å². The van der Waals surface area contributed by atoms with E-state index in [1.54, 1.807) is 31.3 Å². The first-order chi connectivity index (χ1) is 14.3. The minimum Gasteiger partial charge on any atom is -0.289 e. The van der Waals surface area contributed by atoms with Gasteiger partial charge in [-0.25, -0.2) is 9.67 Å². The molecule has 4 aromatic heterocycles. The number of alkyl halides is 3. The van der Waals surface area contributed by atoms with Gasteiger partial charge in [0.2, 0.25) is 5.95 Å². The molecule has 0 radical (unpaired) electrons. The summed E-state index contributed by atoms with van der Waals surface area (Å²) >= 11 is 0. The highest BCUT2D eigenvalue weighted by Gasteiger charge is 2.30. The zero-order valence-electron chi connectivity index (χ0n) is 15.3. The Morgan fingerprint density at radius 1 is 1.13 bits per heavy atom. The molecular weight excluding hydrogens is 401 g/mol. The predicted octanol–water partition coefficient (Wildman–Crippen LogP) is 3.03. The van der Waals surface area contributed by atoms with Gasteiger partial charge in [0.05, 0.1) is 23.0 Å². The molecule has 152 valence electrons. The highest BCUT2D eigenvalue weighted by Crippen LogP contribution is 2.28. The standard InChI is InChI=1S/C18H13F3N8O/c1-10-12(9-24-29(10)14-6-5-11(8-23-14)18(19,20)21)16(30)26-17-25-15(27-28-17)13-4-2-3-7-22-13/h2-9H,1H3,(H2,25,26,27,28,30). The van der Waals surface area contributed by atoms with Crippen LogP contribution in [0.2, 0.25) is 0 Å². The Balaban J connectivity index is 1.52. The Hall–Kier alpha value is -4.09. The van der Waals surface area contributed by atoms with E-state index in [9.17, 15) is 18.0 Å². The molecule has 0 saturated heterocycles. The highest BCUT2D eigenvalue weighted by atomic mass is 19.4. The molecule has 4 rings (SSSR count). The molecule has 0 fully saturated rings. The fourth-order valence-corrected chi connectivity index (χ4v) is 2.65. The van der Waals surface area contributed by atoms with Gasteiger partial charge in [-0.1, -0.05) is 6.07 Å². The Labute approximate surface area is 167 Å². The number of carbonyl (C=O) groups is 1. The number of anilines is 1. The SMILES string of the molecule is Cc1c(C(=O)Nc2n[nH]c(-c3ccccn3)n2)cnn1-c1ccc(C(F)(F)F)cn1. The van der Waals surface area contributed by atoms with Crippen LogP contribution in [-0.4, -0.2) is 40.8 Å². The second kappa shape index (κ2) is 7.39. The number of aromatic nitrogens is 7.